The third-order valence-corrected chi connectivity index (χ3v) is 5.31. The number of rotatable bonds is 3. The summed E-state index contributed by atoms with van der Waals surface area (Å²) >= 11 is 0. The molecule has 0 aromatic heterocycles. The van der Waals surface area contributed by atoms with E-state index in [-0.39, 0.29) is 23.6 Å². The number of fused-ring (bicyclic) bond motifs is 1. The largest absolute Gasteiger partial charge is 0.418 e. The highest BCUT2D eigenvalue weighted by Crippen LogP contribution is 2.40. The van der Waals surface area contributed by atoms with Gasteiger partial charge in [0.25, 0.3) is 0 Å². The van der Waals surface area contributed by atoms with Crippen LogP contribution in [-0.2, 0) is 15.7 Å². The van der Waals surface area contributed by atoms with Crippen molar-refractivity contribution >= 4 is 29.2 Å². The van der Waals surface area contributed by atoms with Crippen molar-refractivity contribution in [2.24, 2.45) is 4.99 Å². The van der Waals surface area contributed by atoms with Gasteiger partial charge >= 0.3 is 6.18 Å². The highest BCUT2D eigenvalue weighted by molar-refractivity contribution is 6.12. The maximum absolute atomic E-state index is 13.8. The minimum absolute atomic E-state index is 0.0584. The topological polar surface area (TPSA) is 53.9 Å². The Hall–Kier alpha value is -2.94. The maximum Gasteiger partial charge on any atom is 0.418 e. The van der Waals surface area contributed by atoms with Crippen LogP contribution in [0.2, 0.25) is 0 Å². The van der Waals surface area contributed by atoms with Gasteiger partial charge in [-0.2, -0.15) is 13.2 Å². The Kier molecular flexibility index (Phi) is 5.47. The summed E-state index contributed by atoms with van der Waals surface area (Å²) in [5.41, 5.74) is 0.191. The zero-order valence-electron chi connectivity index (χ0n) is 16.9. The molecule has 3 atom stereocenters. The summed E-state index contributed by atoms with van der Waals surface area (Å²) in [6, 6.07) is 7.72. The first-order valence-corrected chi connectivity index (χ1v) is 9.88. The average Bonchev–Trinajstić information content (AvgIpc) is 2.99. The van der Waals surface area contributed by atoms with Gasteiger partial charge in [-0.25, -0.2) is 4.39 Å². The van der Waals surface area contributed by atoms with Crippen molar-refractivity contribution in [3.63, 3.8) is 0 Å². The molecule has 5 nitrogen and oxygen atoms in total. The van der Waals surface area contributed by atoms with Gasteiger partial charge in [-0.3, -0.25) is 9.79 Å². The lowest BCUT2D eigenvalue weighted by Crippen LogP contribution is -2.46. The first-order chi connectivity index (χ1) is 14.6. The van der Waals surface area contributed by atoms with E-state index in [9.17, 15) is 22.4 Å². The third kappa shape index (κ3) is 4.41. The highest BCUT2D eigenvalue weighted by atomic mass is 19.4. The van der Waals surface area contributed by atoms with Gasteiger partial charge in [-0.1, -0.05) is 0 Å². The van der Waals surface area contributed by atoms with E-state index in [1.807, 2.05) is 13.8 Å². The molecule has 1 amide bonds. The van der Waals surface area contributed by atoms with Gasteiger partial charge in [0, 0.05) is 30.7 Å². The van der Waals surface area contributed by atoms with E-state index >= 15 is 0 Å². The molecule has 1 saturated heterocycles. The molecule has 164 valence electrons. The van der Waals surface area contributed by atoms with Crippen LogP contribution >= 0.6 is 0 Å². The molecule has 4 rings (SSSR count). The number of ether oxygens (including phenoxy) is 1. The number of morpholine rings is 1. The number of anilines is 2. The number of hydrogen-bond donors (Lipinski definition) is 1. The lowest BCUT2D eigenvalue weighted by atomic mass is 10.0. The summed E-state index contributed by atoms with van der Waals surface area (Å²) < 4.78 is 60.6. The molecule has 3 unspecified atom stereocenters. The molecule has 0 bridgehead atoms. The van der Waals surface area contributed by atoms with Crippen molar-refractivity contribution in [3.05, 3.63) is 53.3 Å². The van der Waals surface area contributed by atoms with Gasteiger partial charge in [-0.05, 0) is 55.8 Å². The Morgan fingerprint density at radius 3 is 2.52 bits per heavy atom. The smallest absolute Gasteiger partial charge is 0.372 e. The number of carbonyl (C=O) groups is 1. The predicted molar refractivity (Wildman–Crippen MR) is 110 cm³/mol. The number of aliphatic imine (C=N–C) groups is 1. The Balaban J connectivity index is 1.65. The summed E-state index contributed by atoms with van der Waals surface area (Å²) in [5.74, 6) is -1.79. The number of nitrogens with one attached hydrogen (secondary N) is 1. The summed E-state index contributed by atoms with van der Waals surface area (Å²) in [7, 11) is 0. The molecule has 1 N–H and O–H groups in total. The number of hydrogen-bond acceptors (Lipinski definition) is 4. The van der Waals surface area contributed by atoms with Crippen molar-refractivity contribution in [1.29, 1.82) is 0 Å². The SMILES string of the molecule is CC1CN(c2ccc(N=CC3C(=O)Nc4ccc(F)cc43)cc2C(F)(F)F)CC(C)O1. The van der Waals surface area contributed by atoms with E-state index < -0.39 is 29.4 Å². The van der Waals surface area contributed by atoms with E-state index in [1.54, 1.807) is 4.90 Å². The Morgan fingerprint density at radius 1 is 1.13 bits per heavy atom. The van der Waals surface area contributed by atoms with Gasteiger partial charge < -0.3 is 15.0 Å². The Labute approximate surface area is 176 Å². The zero-order valence-corrected chi connectivity index (χ0v) is 16.9. The molecular formula is C22H21F4N3O2. The molecule has 2 aromatic carbocycles. The zero-order chi connectivity index (χ0) is 22.3. The average molecular weight is 435 g/mol. The fourth-order valence-electron chi connectivity index (χ4n) is 4.05. The maximum atomic E-state index is 13.8. The number of nitrogens with zero attached hydrogens (tertiary/aromatic N) is 2. The lowest BCUT2D eigenvalue weighted by Gasteiger charge is -2.38. The molecule has 2 aliphatic rings. The molecule has 0 aliphatic carbocycles. The minimum Gasteiger partial charge on any atom is -0.372 e. The second kappa shape index (κ2) is 7.96. The number of amides is 1. The van der Waals surface area contributed by atoms with Gasteiger partial charge in [-0.15, -0.1) is 0 Å². The van der Waals surface area contributed by atoms with E-state index in [0.717, 1.165) is 6.07 Å². The normalized spacial score (nSPS) is 23.9. The second-order valence-corrected chi connectivity index (χ2v) is 7.84. The van der Waals surface area contributed by atoms with Crippen LogP contribution in [0.4, 0.5) is 34.6 Å². The molecule has 2 heterocycles. The van der Waals surface area contributed by atoms with Gasteiger partial charge in [0.15, 0.2) is 0 Å². The first-order valence-electron chi connectivity index (χ1n) is 9.88. The Morgan fingerprint density at radius 2 is 1.84 bits per heavy atom. The van der Waals surface area contributed by atoms with Crippen LogP contribution in [0.5, 0.6) is 0 Å². The molecule has 2 aliphatic heterocycles. The summed E-state index contributed by atoms with van der Waals surface area (Å²) in [6.45, 7) is 4.34. The van der Waals surface area contributed by atoms with Crippen molar-refractivity contribution in [1.82, 2.24) is 0 Å². The monoisotopic (exact) mass is 435 g/mol. The number of alkyl halides is 3. The fourth-order valence-corrected chi connectivity index (χ4v) is 4.05. The molecule has 9 heteroatoms. The number of carbonyl (C=O) groups excluding carboxylic acids is 1. The van der Waals surface area contributed by atoms with Gasteiger partial charge in [0.2, 0.25) is 5.91 Å². The number of benzene rings is 2. The van der Waals surface area contributed by atoms with E-state index in [4.69, 9.17) is 4.74 Å². The predicted octanol–water partition coefficient (Wildman–Crippen LogP) is 4.90. The van der Waals surface area contributed by atoms with Crippen molar-refractivity contribution in [3.8, 4) is 0 Å². The van der Waals surface area contributed by atoms with Crippen molar-refractivity contribution in [2.75, 3.05) is 23.3 Å². The molecule has 0 radical (unpaired) electrons. The quantitative estimate of drug-likeness (QED) is 0.551. The van der Waals surface area contributed by atoms with E-state index in [0.29, 0.717) is 24.3 Å². The van der Waals surface area contributed by atoms with Crippen molar-refractivity contribution < 1.29 is 27.1 Å². The molecular weight excluding hydrogens is 414 g/mol. The van der Waals surface area contributed by atoms with Crippen LogP contribution in [0, 0.1) is 5.82 Å². The molecule has 2 aromatic rings. The van der Waals surface area contributed by atoms with Gasteiger partial charge in [0.1, 0.15) is 11.7 Å². The highest BCUT2D eigenvalue weighted by Gasteiger charge is 2.37. The van der Waals surface area contributed by atoms with Crippen LogP contribution in [0.1, 0.15) is 30.9 Å². The van der Waals surface area contributed by atoms with Crippen LogP contribution < -0.4 is 10.2 Å². The standard InChI is InChI=1S/C22H21F4N3O2/c1-12-10-29(11-13(2)31-12)20-6-4-15(8-18(20)22(24,25)26)27-9-17-16-7-14(23)3-5-19(16)28-21(17)30/h3-9,12-13,17H,10-11H2,1-2H3,(H,28,30). The summed E-state index contributed by atoms with van der Waals surface area (Å²) in [5, 5.41) is 2.61. The van der Waals surface area contributed by atoms with Crippen LogP contribution in [-0.4, -0.2) is 37.4 Å². The second-order valence-electron chi connectivity index (χ2n) is 7.84. The fraction of sp³-hybridized carbons (Fsp3) is 0.364. The first kappa shape index (κ1) is 21.3. The van der Waals surface area contributed by atoms with E-state index in [2.05, 4.69) is 10.3 Å². The molecule has 0 spiro atoms. The van der Waals surface area contributed by atoms with Crippen LogP contribution in [0.15, 0.2) is 41.4 Å². The van der Waals surface area contributed by atoms with Crippen molar-refractivity contribution in [2.45, 2.75) is 38.1 Å². The van der Waals surface area contributed by atoms with Crippen LogP contribution in [0.3, 0.4) is 0 Å². The number of halogens is 4. The minimum atomic E-state index is -4.58. The van der Waals surface area contributed by atoms with E-state index in [1.165, 1.54) is 36.5 Å². The van der Waals surface area contributed by atoms with Crippen LogP contribution in [0.25, 0.3) is 0 Å². The Bertz CT molecular complexity index is 1030. The van der Waals surface area contributed by atoms with Gasteiger partial charge in [0.05, 0.1) is 23.5 Å². The third-order valence-electron chi connectivity index (χ3n) is 5.31. The summed E-state index contributed by atoms with van der Waals surface area (Å²) in [4.78, 5) is 18.0. The summed E-state index contributed by atoms with van der Waals surface area (Å²) in [6.07, 6.45) is -3.71. The molecule has 31 heavy (non-hydrogen) atoms. The lowest BCUT2D eigenvalue weighted by molar-refractivity contribution is -0.137. The molecule has 0 saturated carbocycles. The molecule has 1 fully saturated rings.